The summed E-state index contributed by atoms with van der Waals surface area (Å²) >= 11 is 0. The molecule has 6 nitrogen and oxygen atoms in total. The number of hydrogen-bond donors (Lipinski definition) is 1. The predicted molar refractivity (Wildman–Crippen MR) is 139 cm³/mol. The molecule has 3 heterocycles. The number of hydrogen-bond acceptors (Lipinski definition) is 5. The minimum atomic E-state index is -0.498. The summed E-state index contributed by atoms with van der Waals surface area (Å²) in [4.78, 5) is 18.1. The SMILES string of the molecule is O=C(C1=C[C@H](c2ccccc2)C[C@H](OCc2ccc(CO)cc2)O1)N1CCC(N2CCCCC2)CC1. The molecule has 2 aromatic rings. The molecule has 0 radical (unpaired) electrons. The molecule has 2 aromatic carbocycles. The van der Waals surface area contributed by atoms with Crippen molar-refractivity contribution < 1.29 is 19.4 Å². The molecule has 36 heavy (non-hydrogen) atoms. The summed E-state index contributed by atoms with van der Waals surface area (Å²) in [6.45, 7) is 4.37. The first-order valence-electron chi connectivity index (χ1n) is 13.5. The van der Waals surface area contributed by atoms with Crippen LogP contribution in [0.5, 0.6) is 0 Å². The fraction of sp³-hybridized carbons (Fsp3) is 0.500. The molecular weight excluding hydrogens is 452 g/mol. The maximum Gasteiger partial charge on any atom is 0.288 e. The summed E-state index contributed by atoms with van der Waals surface area (Å²) < 4.78 is 12.3. The largest absolute Gasteiger partial charge is 0.459 e. The van der Waals surface area contributed by atoms with Crippen LogP contribution in [-0.4, -0.2) is 59.3 Å². The fourth-order valence-electron chi connectivity index (χ4n) is 5.65. The van der Waals surface area contributed by atoms with Gasteiger partial charge >= 0.3 is 0 Å². The summed E-state index contributed by atoms with van der Waals surface area (Å²) in [6.07, 6.45) is 8.16. The molecule has 3 aliphatic rings. The second-order valence-corrected chi connectivity index (χ2v) is 10.2. The molecule has 2 fully saturated rings. The number of carbonyl (C=O) groups is 1. The highest BCUT2D eigenvalue weighted by molar-refractivity contribution is 5.91. The molecular formula is C30H38N2O4. The molecule has 0 bridgehead atoms. The van der Waals surface area contributed by atoms with E-state index in [1.54, 1.807) is 0 Å². The van der Waals surface area contributed by atoms with Crippen molar-refractivity contribution in [3.05, 3.63) is 83.1 Å². The number of amides is 1. The number of aliphatic hydroxyl groups is 1. The molecule has 0 aromatic heterocycles. The van der Waals surface area contributed by atoms with E-state index in [2.05, 4.69) is 17.0 Å². The highest BCUT2D eigenvalue weighted by Gasteiger charge is 2.33. The third kappa shape index (κ3) is 6.17. The molecule has 3 aliphatic heterocycles. The first-order chi connectivity index (χ1) is 17.7. The first kappa shape index (κ1) is 25.0. The van der Waals surface area contributed by atoms with E-state index in [1.165, 1.54) is 32.4 Å². The van der Waals surface area contributed by atoms with Crippen molar-refractivity contribution in [3.63, 3.8) is 0 Å². The smallest absolute Gasteiger partial charge is 0.288 e. The Balaban J connectivity index is 1.24. The second kappa shape index (κ2) is 12.0. The third-order valence-corrected chi connectivity index (χ3v) is 7.80. The number of likely N-dealkylation sites (tertiary alicyclic amines) is 2. The van der Waals surface area contributed by atoms with Crippen LogP contribution in [0.2, 0.25) is 0 Å². The Morgan fingerprint density at radius 1 is 0.917 bits per heavy atom. The molecule has 1 amide bonds. The molecule has 0 saturated carbocycles. The number of allylic oxidation sites excluding steroid dienone is 1. The zero-order chi connectivity index (χ0) is 24.7. The monoisotopic (exact) mass is 490 g/mol. The number of nitrogens with zero attached hydrogens (tertiary/aromatic N) is 2. The van der Waals surface area contributed by atoms with Crippen LogP contribution in [-0.2, 0) is 27.5 Å². The van der Waals surface area contributed by atoms with Gasteiger partial charge in [0, 0.05) is 31.5 Å². The molecule has 0 aliphatic carbocycles. The Kier molecular flexibility index (Phi) is 8.36. The van der Waals surface area contributed by atoms with Gasteiger partial charge < -0.3 is 24.4 Å². The van der Waals surface area contributed by atoms with Crippen molar-refractivity contribution in [2.24, 2.45) is 0 Å². The minimum absolute atomic E-state index is 0.0198. The molecule has 2 atom stereocenters. The summed E-state index contributed by atoms with van der Waals surface area (Å²) in [6, 6.07) is 18.6. The Labute approximate surface area is 214 Å². The van der Waals surface area contributed by atoms with Crippen molar-refractivity contribution in [3.8, 4) is 0 Å². The molecule has 2 saturated heterocycles. The third-order valence-electron chi connectivity index (χ3n) is 7.80. The van der Waals surface area contributed by atoms with Crippen LogP contribution < -0.4 is 0 Å². The number of aliphatic hydroxyl groups excluding tert-OH is 1. The van der Waals surface area contributed by atoms with Crippen molar-refractivity contribution in [2.75, 3.05) is 26.2 Å². The zero-order valence-corrected chi connectivity index (χ0v) is 21.1. The lowest BCUT2D eigenvalue weighted by Gasteiger charge is -2.40. The lowest BCUT2D eigenvalue weighted by molar-refractivity contribution is -0.157. The molecule has 0 spiro atoms. The van der Waals surface area contributed by atoms with E-state index in [4.69, 9.17) is 9.47 Å². The Bertz CT molecular complexity index is 1010. The maximum atomic E-state index is 13.5. The van der Waals surface area contributed by atoms with Crippen molar-refractivity contribution in [1.29, 1.82) is 0 Å². The van der Waals surface area contributed by atoms with E-state index in [9.17, 15) is 9.90 Å². The van der Waals surface area contributed by atoms with Crippen LogP contribution in [0.3, 0.4) is 0 Å². The van der Waals surface area contributed by atoms with Crippen LogP contribution in [0.25, 0.3) is 0 Å². The summed E-state index contributed by atoms with van der Waals surface area (Å²) in [5.74, 6) is 0.451. The number of rotatable bonds is 7. The van der Waals surface area contributed by atoms with Crippen LogP contribution in [0.1, 0.15) is 61.1 Å². The lowest BCUT2D eigenvalue weighted by atomic mass is 9.92. The quantitative estimate of drug-likeness (QED) is 0.615. The first-order valence-corrected chi connectivity index (χ1v) is 13.5. The van der Waals surface area contributed by atoms with Crippen molar-refractivity contribution >= 4 is 5.91 Å². The summed E-state index contributed by atoms with van der Waals surface area (Å²) in [7, 11) is 0. The van der Waals surface area contributed by atoms with Gasteiger partial charge in [0.2, 0.25) is 6.29 Å². The second-order valence-electron chi connectivity index (χ2n) is 10.2. The highest BCUT2D eigenvalue weighted by Crippen LogP contribution is 2.33. The van der Waals surface area contributed by atoms with Gasteiger partial charge in [0.1, 0.15) is 0 Å². The van der Waals surface area contributed by atoms with Gasteiger partial charge in [-0.15, -0.1) is 0 Å². The lowest BCUT2D eigenvalue weighted by Crippen LogP contribution is -2.49. The van der Waals surface area contributed by atoms with E-state index in [0.717, 1.165) is 42.6 Å². The van der Waals surface area contributed by atoms with Gasteiger partial charge in [-0.2, -0.15) is 0 Å². The van der Waals surface area contributed by atoms with Gasteiger partial charge in [0.15, 0.2) is 5.76 Å². The van der Waals surface area contributed by atoms with Gasteiger partial charge in [-0.25, -0.2) is 0 Å². The van der Waals surface area contributed by atoms with Crippen molar-refractivity contribution in [2.45, 2.75) is 70.0 Å². The van der Waals surface area contributed by atoms with Gasteiger partial charge in [0.25, 0.3) is 5.91 Å². The van der Waals surface area contributed by atoms with E-state index in [1.807, 2.05) is 53.4 Å². The average molecular weight is 491 g/mol. The molecule has 5 rings (SSSR count). The predicted octanol–water partition coefficient (Wildman–Crippen LogP) is 4.59. The van der Waals surface area contributed by atoms with E-state index < -0.39 is 6.29 Å². The van der Waals surface area contributed by atoms with E-state index >= 15 is 0 Å². The molecule has 1 N–H and O–H groups in total. The van der Waals surface area contributed by atoms with E-state index in [-0.39, 0.29) is 18.4 Å². The minimum Gasteiger partial charge on any atom is -0.459 e. The zero-order valence-electron chi connectivity index (χ0n) is 21.1. The summed E-state index contributed by atoms with van der Waals surface area (Å²) in [5, 5.41) is 9.27. The number of benzene rings is 2. The van der Waals surface area contributed by atoms with Crippen LogP contribution in [0, 0.1) is 0 Å². The normalized spacial score (nSPS) is 23.7. The van der Waals surface area contributed by atoms with Crippen LogP contribution >= 0.6 is 0 Å². The average Bonchev–Trinajstić information content (AvgIpc) is 2.97. The molecule has 192 valence electrons. The number of piperidine rings is 2. The Morgan fingerprint density at radius 3 is 2.31 bits per heavy atom. The van der Waals surface area contributed by atoms with Crippen molar-refractivity contribution in [1.82, 2.24) is 9.80 Å². The van der Waals surface area contributed by atoms with Crippen LogP contribution in [0.4, 0.5) is 0 Å². The van der Waals surface area contributed by atoms with Gasteiger partial charge in [-0.3, -0.25) is 4.79 Å². The fourth-order valence-corrected chi connectivity index (χ4v) is 5.65. The Morgan fingerprint density at radius 2 is 1.61 bits per heavy atom. The summed E-state index contributed by atoms with van der Waals surface area (Å²) in [5.41, 5.74) is 3.04. The standard InChI is InChI=1S/C30H38N2O4/c33-21-23-9-11-24(12-10-23)22-35-29-20-26(25-7-3-1-4-8-25)19-28(36-29)30(34)32-17-13-27(14-18-32)31-15-5-2-6-16-31/h1,3-4,7-12,19,26-27,29,33H,2,5-6,13-18,20-22H2/t26-,29+/m0/s1. The topological polar surface area (TPSA) is 62.2 Å². The number of ether oxygens (including phenoxy) is 2. The number of carbonyl (C=O) groups excluding carboxylic acids is 1. The molecule has 0 unspecified atom stereocenters. The molecule has 6 heteroatoms. The van der Waals surface area contributed by atoms with Gasteiger partial charge in [-0.1, -0.05) is 61.0 Å². The maximum absolute atomic E-state index is 13.5. The van der Waals surface area contributed by atoms with E-state index in [0.29, 0.717) is 24.8 Å². The van der Waals surface area contributed by atoms with Crippen LogP contribution in [0.15, 0.2) is 66.4 Å². The van der Waals surface area contributed by atoms with Gasteiger partial charge in [0.05, 0.1) is 13.2 Å². The Hall–Kier alpha value is -2.67. The van der Waals surface area contributed by atoms with Gasteiger partial charge in [-0.05, 0) is 61.5 Å². The highest BCUT2D eigenvalue weighted by atomic mass is 16.7.